The van der Waals surface area contributed by atoms with Crippen LogP contribution in [0, 0.1) is 5.82 Å². The third kappa shape index (κ3) is 5.28. The molecule has 1 amide bonds. The van der Waals surface area contributed by atoms with Gasteiger partial charge in [0.2, 0.25) is 5.91 Å². The number of anilines is 1. The van der Waals surface area contributed by atoms with Gasteiger partial charge in [-0.15, -0.1) is 11.3 Å². The van der Waals surface area contributed by atoms with Gasteiger partial charge in [0, 0.05) is 24.2 Å². The topological polar surface area (TPSA) is 73.1 Å². The molecule has 0 spiro atoms. The van der Waals surface area contributed by atoms with E-state index in [1.165, 1.54) is 26.5 Å². The molecule has 8 heteroatoms. The van der Waals surface area contributed by atoms with Crippen molar-refractivity contribution in [2.75, 3.05) is 5.32 Å². The van der Waals surface area contributed by atoms with E-state index in [2.05, 4.69) is 5.32 Å². The number of halogens is 1. The van der Waals surface area contributed by atoms with Gasteiger partial charge in [-0.05, 0) is 42.5 Å². The van der Waals surface area contributed by atoms with Crippen molar-refractivity contribution < 1.29 is 9.18 Å². The number of rotatable bonds is 9. The molecule has 6 nitrogen and oxygen atoms in total. The Labute approximate surface area is 193 Å². The van der Waals surface area contributed by atoms with Crippen molar-refractivity contribution in [1.29, 1.82) is 0 Å². The second kappa shape index (κ2) is 10.4. The van der Waals surface area contributed by atoms with E-state index in [0.717, 1.165) is 5.69 Å². The van der Waals surface area contributed by atoms with E-state index in [1.54, 1.807) is 29.6 Å². The molecule has 0 bridgehead atoms. The minimum absolute atomic E-state index is 0.0542. The number of para-hydroxylation sites is 1. The van der Waals surface area contributed by atoms with E-state index in [4.69, 9.17) is 0 Å². The molecule has 0 radical (unpaired) electrons. The normalized spacial score (nSPS) is 11.1. The standard InChI is InChI=1S/C25H24FN3O3S/c26-20-12-7-6-9-18(20)17-29-21-14-16-33-23(21)24(31)28(25(29)32)15-8-2-5-13-22(30)27-19-10-3-1-4-11-19/h1,3-4,6-7,9-12,14,16H,2,5,8,13,15,17H2,(H,27,30). The van der Waals surface area contributed by atoms with Gasteiger partial charge in [0.25, 0.3) is 5.56 Å². The number of thiophene rings is 1. The zero-order valence-corrected chi connectivity index (χ0v) is 18.8. The molecule has 0 aliphatic carbocycles. The molecule has 2 aromatic carbocycles. The quantitative estimate of drug-likeness (QED) is 0.367. The molecule has 0 saturated carbocycles. The Kier molecular flexibility index (Phi) is 7.14. The molecule has 2 heterocycles. The van der Waals surface area contributed by atoms with Crippen LogP contribution in [-0.4, -0.2) is 15.0 Å². The average Bonchev–Trinajstić information content (AvgIpc) is 3.30. The third-order valence-corrected chi connectivity index (χ3v) is 6.36. The van der Waals surface area contributed by atoms with Gasteiger partial charge in [-0.2, -0.15) is 0 Å². The van der Waals surface area contributed by atoms with Gasteiger partial charge in [-0.25, -0.2) is 9.18 Å². The van der Waals surface area contributed by atoms with Gasteiger partial charge in [0.15, 0.2) is 0 Å². The first-order valence-corrected chi connectivity index (χ1v) is 11.7. The van der Waals surface area contributed by atoms with Crippen molar-refractivity contribution in [3.63, 3.8) is 0 Å². The highest BCUT2D eigenvalue weighted by atomic mass is 32.1. The van der Waals surface area contributed by atoms with Crippen molar-refractivity contribution >= 4 is 33.1 Å². The number of carbonyl (C=O) groups is 1. The number of hydrogen-bond acceptors (Lipinski definition) is 4. The van der Waals surface area contributed by atoms with E-state index >= 15 is 0 Å². The van der Waals surface area contributed by atoms with E-state index in [1.807, 2.05) is 30.3 Å². The van der Waals surface area contributed by atoms with Crippen molar-refractivity contribution in [3.8, 4) is 0 Å². The van der Waals surface area contributed by atoms with Gasteiger partial charge in [-0.1, -0.05) is 42.8 Å². The molecule has 170 valence electrons. The predicted octanol–water partition coefficient (Wildman–Crippen LogP) is 4.61. The fourth-order valence-electron chi connectivity index (χ4n) is 3.76. The summed E-state index contributed by atoms with van der Waals surface area (Å²) in [6.45, 7) is 0.307. The van der Waals surface area contributed by atoms with Gasteiger partial charge >= 0.3 is 5.69 Å². The van der Waals surface area contributed by atoms with Crippen LogP contribution in [0.25, 0.3) is 10.2 Å². The Bertz CT molecular complexity index is 1380. The fraction of sp³-hybridized carbons (Fsp3) is 0.240. The summed E-state index contributed by atoms with van der Waals surface area (Å²) in [5.41, 5.74) is 0.898. The SMILES string of the molecule is O=C(CCCCCn1c(=O)c2sccc2n(Cc2ccccc2F)c1=O)Nc1ccccc1. The van der Waals surface area contributed by atoms with Crippen LogP contribution in [0.5, 0.6) is 0 Å². The van der Waals surface area contributed by atoms with E-state index in [0.29, 0.717) is 41.5 Å². The van der Waals surface area contributed by atoms with Crippen LogP contribution in [0.15, 0.2) is 75.6 Å². The number of aromatic nitrogens is 2. The first-order valence-electron chi connectivity index (χ1n) is 10.8. The maximum absolute atomic E-state index is 14.2. The van der Waals surface area contributed by atoms with E-state index in [9.17, 15) is 18.8 Å². The number of carbonyl (C=O) groups excluding carboxylic acids is 1. The van der Waals surface area contributed by atoms with Gasteiger partial charge < -0.3 is 5.32 Å². The number of nitrogens with zero attached hydrogens (tertiary/aromatic N) is 2. The number of fused-ring (bicyclic) bond motifs is 1. The Morgan fingerprint density at radius 2 is 1.67 bits per heavy atom. The lowest BCUT2D eigenvalue weighted by Gasteiger charge is -2.13. The third-order valence-electron chi connectivity index (χ3n) is 5.47. The summed E-state index contributed by atoms with van der Waals surface area (Å²) >= 11 is 1.27. The maximum atomic E-state index is 14.2. The number of amides is 1. The van der Waals surface area contributed by atoms with Crippen LogP contribution in [0.3, 0.4) is 0 Å². The lowest BCUT2D eigenvalue weighted by atomic mass is 10.2. The smallest absolute Gasteiger partial charge is 0.326 e. The van der Waals surface area contributed by atoms with E-state index in [-0.39, 0.29) is 30.4 Å². The van der Waals surface area contributed by atoms with Crippen LogP contribution >= 0.6 is 11.3 Å². The van der Waals surface area contributed by atoms with Crippen molar-refractivity contribution in [3.05, 3.63) is 98.3 Å². The summed E-state index contributed by atoms with van der Waals surface area (Å²) in [5.74, 6) is -0.454. The zero-order valence-electron chi connectivity index (χ0n) is 18.0. The predicted molar refractivity (Wildman–Crippen MR) is 129 cm³/mol. The molecule has 0 fully saturated rings. The Balaban J connectivity index is 1.42. The average molecular weight is 466 g/mol. The summed E-state index contributed by atoms with van der Waals surface area (Å²) in [5, 5.41) is 4.61. The number of unbranched alkanes of at least 4 members (excludes halogenated alkanes) is 2. The molecule has 0 aliphatic rings. The van der Waals surface area contributed by atoms with Crippen molar-refractivity contribution in [2.45, 2.75) is 38.8 Å². The minimum Gasteiger partial charge on any atom is -0.326 e. The summed E-state index contributed by atoms with van der Waals surface area (Å²) in [4.78, 5) is 38.1. The molecule has 0 aliphatic heterocycles. The first kappa shape index (κ1) is 22.7. The molecule has 0 saturated heterocycles. The highest BCUT2D eigenvalue weighted by Crippen LogP contribution is 2.17. The lowest BCUT2D eigenvalue weighted by Crippen LogP contribution is -2.40. The molecule has 2 aromatic heterocycles. The summed E-state index contributed by atoms with van der Waals surface area (Å²) in [6.07, 6.45) is 2.30. The largest absolute Gasteiger partial charge is 0.331 e. The number of hydrogen-bond donors (Lipinski definition) is 1. The highest BCUT2D eigenvalue weighted by Gasteiger charge is 2.15. The minimum atomic E-state index is -0.448. The van der Waals surface area contributed by atoms with Gasteiger partial charge in [0.1, 0.15) is 10.5 Å². The first-order chi connectivity index (χ1) is 16.0. The number of nitrogens with one attached hydrogen (secondary N) is 1. The highest BCUT2D eigenvalue weighted by molar-refractivity contribution is 7.17. The van der Waals surface area contributed by atoms with Crippen LogP contribution < -0.4 is 16.6 Å². The second-order valence-corrected chi connectivity index (χ2v) is 8.69. The molecule has 0 unspecified atom stereocenters. The Morgan fingerprint density at radius 3 is 2.45 bits per heavy atom. The number of benzene rings is 2. The molecule has 33 heavy (non-hydrogen) atoms. The van der Waals surface area contributed by atoms with Crippen molar-refractivity contribution in [2.24, 2.45) is 0 Å². The maximum Gasteiger partial charge on any atom is 0.331 e. The summed E-state index contributed by atoms with van der Waals surface area (Å²) in [7, 11) is 0. The van der Waals surface area contributed by atoms with Crippen LogP contribution in [-0.2, 0) is 17.9 Å². The zero-order chi connectivity index (χ0) is 23.2. The summed E-state index contributed by atoms with van der Waals surface area (Å²) < 4.78 is 17.4. The molecular weight excluding hydrogens is 441 g/mol. The van der Waals surface area contributed by atoms with Crippen molar-refractivity contribution in [1.82, 2.24) is 9.13 Å². The van der Waals surface area contributed by atoms with Gasteiger partial charge in [-0.3, -0.25) is 18.7 Å². The summed E-state index contributed by atoms with van der Waals surface area (Å²) in [6, 6.07) is 17.3. The molecule has 4 rings (SSSR count). The van der Waals surface area contributed by atoms with Gasteiger partial charge in [0.05, 0.1) is 12.1 Å². The fourth-order valence-corrected chi connectivity index (χ4v) is 4.60. The molecule has 1 N–H and O–H groups in total. The molecular formula is C25H24FN3O3S. The lowest BCUT2D eigenvalue weighted by molar-refractivity contribution is -0.116. The van der Waals surface area contributed by atoms with E-state index < -0.39 is 5.69 Å². The Morgan fingerprint density at radius 1 is 0.909 bits per heavy atom. The molecule has 4 aromatic rings. The van der Waals surface area contributed by atoms with Crippen LogP contribution in [0.2, 0.25) is 0 Å². The monoisotopic (exact) mass is 465 g/mol. The second-order valence-electron chi connectivity index (χ2n) is 7.78. The molecule has 0 atom stereocenters. The van der Waals surface area contributed by atoms with Crippen LogP contribution in [0.4, 0.5) is 10.1 Å². The Hall–Kier alpha value is -3.52. The van der Waals surface area contributed by atoms with Crippen LogP contribution in [0.1, 0.15) is 31.2 Å².